The Hall–Kier alpha value is -0.960. The normalized spacial score (nSPS) is 12.8. The van der Waals surface area contributed by atoms with E-state index in [1.54, 1.807) is 12.4 Å². The maximum Gasteiger partial charge on any atom is 0.132 e. The zero-order valence-corrected chi connectivity index (χ0v) is 7.62. The minimum absolute atomic E-state index is 0.441. The van der Waals surface area contributed by atoms with Gasteiger partial charge in [0.1, 0.15) is 5.82 Å². The van der Waals surface area contributed by atoms with Crippen molar-refractivity contribution >= 4 is 0 Å². The van der Waals surface area contributed by atoms with Crippen LogP contribution in [0.25, 0.3) is 0 Å². The molecule has 0 spiro atoms. The van der Waals surface area contributed by atoms with Gasteiger partial charge in [0, 0.05) is 24.9 Å². The van der Waals surface area contributed by atoms with Crippen LogP contribution in [0.4, 0.5) is 0 Å². The van der Waals surface area contributed by atoms with Crippen LogP contribution in [0.1, 0.15) is 25.1 Å². The largest absolute Gasteiger partial charge is 0.319 e. The Morgan fingerprint density at radius 1 is 1.42 bits per heavy atom. The zero-order valence-electron chi connectivity index (χ0n) is 7.62. The Morgan fingerprint density at radius 3 is 2.58 bits per heavy atom. The zero-order chi connectivity index (χ0) is 8.81. The highest BCUT2D eigenvalue weighted by Gasteiger charge is 2.09. The summed E-state index contributed by atoms with van der Waals surface area (Å²) in [5.74, 6) is 1.38. The van der Waals surface area contributed by atoms with E-state index in [4.69, 9.17) is 0 Å². The molecule has 1 aromatic heterocycles. The molecule has 1 unspecified atom stereocenters. The van der Waals surface area contributed by atoms with E-state index < -0.39 is 0 Å². The number of hydrogen-bond donors (Lipinski definition) is 1. The van der Waals surface area contributed by atoms with Crippen LogP contribution in [0.2, 0.25) is 0 Å². The van der Waals surface area contributed by atoms with Gasteiger partial charge in [-0.2, -0.15) is 0 Å². The van der Waals surface area contributed by atoms with Gasteiger partial charge in [-0.05, 0) is 19.5 Å². The van der Waals surface area contributed by atoms with Gasteiger partial charge in [-0.1, -0.05) is 6.92 Å². The van der Waals surface area contributed by atoms with Gasteiger partial charge in [0.2, 0.25) is 0 Å². The first-order valence-electron chi connectivity index (χ1n) is 4.30. The van der Waals surface area contributed by atoms with Gasteiger partial charge in [-0.15, -0.1) is 0 Å². The molecule has 0 aliphatic carbocycles. The van der Waals surface area contributed by atoms with E-state index in [1.165, 1.54) is 0 Å². The van der Waals surface area contributed by atoms with E-state index >= 15 is 0 Å². The van der Waals surface area contributed by atoms with Crippen molar-refractivity contribution in [1.82, 2.24) is 15.3 Å². The molecule has 0 saturated carbocycles. The van der Waals surface area contributed by atoms with Crippen molar-refractivity contribution in [3.05, 3.63) is 24.3 Å². The standard InChI is InChI=1S/C9H15N3/c1-3-8(7-10-2)9-11-5-4-6-12-9/h4-6,8,10H,3,7H2,1-2H3. The second kappa shape index (κ2) is 4.83. The molecule has 1 rings (SSSR count). The van der Waals surface area contributed by atoms with Crippen LogP contribution in [0.5, 0.6) is 0 Å². The van der Waals surface area contributed by atoms with Crippen molar-refractivity contribution in [3.8, 4) is 0 Å². The van der Waals surface area contributed by atoms with Crippen LogP contribution in [-0.2, 0) is 0 Å². The van der Waals surface area contributed by atoms with E-state index in [-0.39, 0.29) is 0 Å². The van der Waals surface area contributed by atoms with Crippen molar-refractivity contribution in [3.63, 3.8) is 0 Å². The molecule has 0 aliphatic rings. The number of likely N-dealkylation sites (N-methyl/N-ethyl adjacent to an activating group) is 1. The van der Waals surface area contributed by atoms with Crippen LogP contribution < -0.4 is 5.32 Å². The summed E-state index contributed by atoms with van der Waals surface area (Å²) in [5.41, 5.74) is 0. The molecule has 0 aliphatic heterocycles. The van der Waals surface area contributed by atoms with E-state index in [0.29, 0.717) is 5.92 Å². The third kappa shape index (κ3) is 2.27. The van der Waals surface area contributed by atoms with E-state index in [2.05, 4.69) is 22.2 Å². The molecule has 3 heteroatoms. The van der Waals surface area contributed by atoms with Crippen molar-refractivity contribution in [2.45, 2.75) is 19.3 Å². The van der Waals surface area contributed by atoms with Crippen LogP contribution in [0, 0.1) is 0 Å². The first-order valence-corrected chi connectivity index (χ1v) is 4.30. The van der Waals surface area contributed by atoms with Crippen LogP contribution in [0.3, 0.4) is 0 Å². The highest BCUT2D eigenvalue weighted by molar-refractivity contribution is 4.97. The Bertz CT molecular complexity index is 210. The van der Waals surface area contributed by atoms with Crippen LogP contribution in [0.15, 0.2) is 18.5 Å². The summed E-state index contributed by atoms with van der Waals surface area (Å²) in [6, 6.07) is 1.84. The molecule has 0 saturated heterocycles. The van der Waals surface area contributed by atoms with Gasteiger partial charge in [0.05, 0.1) is 0 Å². The quantitative estimate of drug-likeness (QED) is 0.728. The average Bonchev–Trinajstić information content (AvgIpc) is 2.15. The summed E-state index contributed by atoms with van der Waals surface area (Å²) in [7, 11) is 1.95. The molecule has 1 N–H and O–H groups in total. The van der Waals surface area contributed by atoms with E-state index in [0.717, 1.165) is 18.8 Å². The summed E-state index contributed by atoms with van der Waals surface area (Å²) >= 11 is 0. The van der Waals surface area contributed by atoms with Crippen molar-refractivity contribution in [2.75, 3.05) is 13.6 Å². The number of aromatic nitrogens is 2. The van der Waals surface area contributed by atoms with Gasteiger partial charge in [-0.25, -0.2) is 9.97 Å². The van der Waals surface area contributed by atoms with Crippen molar-refractivity contribution in [1.29, 1.82) is 0 Å². The Morgan fingerprint density at radius 2 is 2.08 bits per heavy atom. The summed E-state index contributed by atoms with van der Waals surface area (Å²) in [5, 5.41) is 3.14. The first-order chi connectivity index (χ1) is 5.88. The average molecular weight is 165 g/mol. The summed E-state index contributed by atoms with van der Waals surface area (Å²) < 4.78 is 0. The van der Waals surface area contributed by atoms with Gasteiger partial charge < -0.3 is 5.32 Å². The molecule has 0 fully saturated rings. The molecule has 3 nitrogen and oxygen atoms in total. The number of hydrogen-bond acceptors (Lipinski definition) is 3. The third-order valence-corrected chi connectivity index (χ3v) is 1.89. The lowest BCUT2D eigenvalue weighted by Crippen LogP contribution is -2.18. The number of rotatable bonds is 4. The van der Waals surface area contributed by atoms with Crippen molar-refractivity contribution in [2.24, 2.45) is 0 Å². The first kappa shape index (κ1) is 9.13. The monoisotopic (exact) mass is 165 g/mol. The predicted octanol–water partition coefficient (Wildman–Crippen LogP) is 1.19. The second-order valence-corrected chi connectivity index (χ2v) is 2.77. The molecular formula is C9H15N3. The lowest BCUT2D eigenvalue weighted by Gasteiger charge is -2.11. The topological polar surface area (TPSA) is 37.8 Å². The summed E-state index contributed by atoms with van der Waals surface area (Å²) in [4.78, 5) is 8.43. The maximum absolute atomic E-state index is 4.22. The number of nitrogens with zero attached hydrogens (tertiary/aromatic N) is 2. The highest BCUT2D eigenvalue weighted by atomic mass is 14.9. The molecule has 1 heterocycles. The number of nitrogens with one attached hydrogen (secondary N) is 1. The Kier molecular flexibility index (Phi) is 3.67. The smallest absolute Gasteiger partial charge is 0.132 e. The Labute approximate surface area is 73.2 Å². The van der Waals surface area contributed by atoms with E-state index in [9.17, 15) is 0 Å². The predicted molar refractivity (Wildman–Crippen MR) is 49.0 cm³/mol. The molecule has 0 bridgehead atoms. The minimum Gasteiger partial charge on any atom is -0.319 e. The van der Waals surface area contributed by atoms with Crippen LogP contribution >= 0.6 is 0 Å². The van der Waals surface area contributed by atoms with Gasteiger partial charge >= 0.3 is 0 Å². The lowest BCUT2D eigenvalue weighted by molar-refractivity contribution is 0.580. The second-order valence-electron chi connectivity index (χ2n) is 2.77. The van der Waals surface area contributed by atoms with Crippen LogP contribution in [-0.4, -0.2) is 23.6 Å². The summed E-state index contributed by atoms with van der Waals surface area (Å²) in [6.45, 7) is 3.10. The highest BCUT2D eigenvalue weighted by Crippen LogP contribution is 2.12. The van der Waals surface area contributed by atoms with E-state index in [1.807, 2.05) is 13.1 Å². The van der Waals surface area contributed by atoms with Crippen molar-refractivity contribution < 1.29 is 0 Å². The molecule has 1 atom stereocenters. The summed E-state index contributed by atoms with van der Waals surface area (Å²) in [6.07, 6.45) is 4.66. The SMILES string of the molecule is CCC(CNC)c1ncccn1. The fraction of sp³-hybridized carbons (Fsp3) is 0.556. The van der Waals surface area contributed by atoms with Gasteiger partial charge in [0.25, 0.3) is 0 Å². The molecule has 12 heavy (non-hydrogen) atoms. The van der Waals surface area contributed by atoms with Gasteiger partial charge in [0.15, 0.2) is 0 Å². The lowest BCUT2D eigenvalue weighted by atomic mass is 10.1. The fourth-order valence-electron chi connectivity index (χ4n) is 1.19. The molecule has 0 amide bonds. The molecule has 66 valence electrons. The molecular weight excluding hydrogens is 150 g/mol. The molecule has 1 aromatic rings. The third-order valence-electron chi connectivity index (χ3n) is 1.89. The maximum atomic E-state index is 4.22. The fourth-order valence-corrected chi connectivity index (χ4v) is 1.19. The van der Waals surface area contributed by atoms with Gasteiger partial charge in [-0.3, -0.25) is 0 Å². The molecule has 0 radical (unpaired) electrons. The molecule has 0 aromatic carbocycles. The Balaban J connectivity index is 2.66. The minimum atomic E-state index is 0.441.